The van der Waals surface area contributed by atoms with Gasteiger partial charge in [-0.3, -0.25) is 4.90 Å². The van der Waals surface area contributed by atoms with Gasteiger partial charge in [0.2, 0.25) is 0 Å². The van der Waals surface area contributed by atoms with Gasteiger partial charge in [-0.1, -0.05) is 27.7 Å². The number of hydrogen-bond acceptors (Lipinski definition) is 4. The maximum absolute atomic E-state index is 5.79. The van der Waals surface area contributed by atoms with E-state index >= 15 is 0 Å². The monoisotopic (exact) mass is 309 g/mol. The maximum atomic E-state index is 5.79. The molecule has 2 rings (SSSR count). The van der Waals surface area contributed by atoms with E-state index in [4.69, 9.17) is 10.5 Å². The number of methoxy groups -OCH3 is 1. The summed E-state index contributed by atoms with van der Waals surface area (Å²) in [6.07, 6.45) is 0. The minimum absolute atomic E-state index is 0.625. The van der Waals surface area contributed by atoms with Crippen LogP contribution in [0, 0.1) is 0 Å². The first-order valence-electron chi connectivity index (χ1n) is 8.54. The van der Waals surface area contributed by atoms with Crippen molar-refractivity contribution in [2.24, 2.45) is 0 Å². The van der Waals surface area contributed by atoms with Crippen molar-refractivity contribution in [2.45, 2.75) is 47.6 Å². The molecule has 1 aliphatic rings. The Bertz CT molecular complexity index is 399. The van der Waals surface area contributed by atoms with Crippen LogP contribution in [0.5, 0.6) is 5.75 Å². The zero-order chi connectivity index (χ0) is 17.1. The minimum atomic E-state index is 0.625. The van der Waals surface area contributed by atoms with Crippen molar-refractivity contribution in [3.63, 3.8) is 0 Å². The van der Waals surface area contributed by atoms with Crippen molar-refractivity contribution in [1.82, 2.24) is 4.90 Å². The molecule has 1 aromatic carbocycles. The fraction of sp³-hybridized carbons (Fsp3) is 0.667. The summed E-state index contributed by atoms with van der Waals surface area (Å²) < 4.78 is 5.42. The predicted octanol–water partition coefficient (Wildman–Crippen LogP) is 3.86. The third-order valence-corrected chi connectivity index (χ3v) is 3.59. The first-order valence-corrected chi connectivity index (χ1v) is 8.54. The lowest BCUT2D eigenvalue weighted by Gasteiger charge is -2.38. The molecule has 128 valence electrons. The maximum Gasteiger partial charge on any atom is 0.144 e. The Balaban J connectivity index is 0.00000102. The van der Waals surface area contributed by atoms with E-state index in [1.807, 2.05) is 39.8 Å². The predicted molar refractivity (Wildman–Crippen MR) is 99.0 cm³/mol. The van der Waals surface area contributed by atoms with Crippen molar-refractivity contribution < 1.29 is 4.74 Å². The molecule has 0 aromatic heterocycles. The number of anilines is 2. The summed E-state index contributed by atoms with van der Waals surface area (Å²) in [4.78, 5) is 4.87. The van der Waals surface area contributed by atoms with E-state index in [2.05, 4.69) is 29.7 Å². The van der Waals surface area contributed by atoms with Crippen LogP contribution in [0.3, 0.4) is 0 Å². The first kappa shape index (κ1) is 20.6. The summed E-state index contributed by atoms with van der Waals surface area (Å²) in [5, 5.41) is 0. The largest absolute Gasteiger partial charge is 0.495 e. The third kappa shape index (κ3) is 5.76. The summed E-state index contributed by atoms with van der Waals surface area (Å²) in [6, 6.07) is 6.51. The molecule has 1 saturated heterocycles. The highest BCUT2D eigenvalue weighted by molar-refractivity contribution is 5.64. The van der Waals surface area contributed by atoms with Gasteiger partial charge in [0.05, 0.1) is 12.8 Å². The van der Waals surface area contributed by atoms with Crippen molar-refractivity contribution in [2.75, 3.05) is 43.9 Å². The molecule has 0 amide bonds. The number of nitrogens with two attached hydrogens (primary N) is 1. The molecule has 0 radical (unpaired) electrons. The van der Waals surface area contributed by atoms with Gasteiger partial charge in [-0.25, -0.2) is 0 Å². The molecule has 0 unspecified atom stereocenters. The average molecular weight is 309 g/mol. The lowest BCUT2D eigenvalue weighted by molar-refractivity contribution is 0.209. The zero-order valence-electron chi connectivity index (χ0n) is 15.5. The number of ether oxygens (including phenoxy) is 1. The molecular formula is C18H35N3O. The highest BCUT2D eigenvalue weighted by Gasteiger charge is 2.20. The Hall–Kier alpha value is -1.42. The standard InChI is InChI=1S/C14H23N3O.2C2H6/c1-11(2)16-6-8-17(9-7-16)13-5-4-12(15)10-14(13)18-3;2*1-2/h4-5,10-11H,6-9,15H2,1-3H3;2*1-2H3. The lowest BCUT2D eigenvalue weighted by atomic mass is 10.2. The van der Waals surface area contributed by atoms with E-state index in [-0.39, 0.29) is 0 Å². The van der Waals surface area contributed by atoms with Crippen LogP contribution >= 0.6 is 0 Å². The highest BCUT2D eigenvalue weighted by atomic mass is 16.5. The summed E-state index contributed by atoms with van der Waals surface area (Å²) >= 11 is 0. The minimum Gasteiger partial charge on any atom is -0.495 e. The van der Waals surface area contributed by atoms with Crippen molar-refractivity contribution in [1.29, 1.82) is 0 Å². The van der Waals surface area contributed by atoms with Gasteiger partial charge in [0.25, 0.3) is 0 Å². The highest BCUT2D eigenvalue weighted by Crippen LogP contribution is 2.31. The van der Waals surface area contributed by atoms with Crippen LogP contribution in [0.1, 0.15) is 41.5 Å². The number of rotatable bonds is 3. The molecule has 0 aliphatic carbocycles. The first-order chi connectivity index (χ1) is 10.6. The molecule has 1 aliphatic heterocycles. The Labute approximate surface area is 137 Å². The number of benzene rings is 1. The number of nitrogen functional groups attached to an aromatic ring is 1. The third-order valence-electron chi connectivity index (χ3n) is 3.59. The van der Waals surface area contributed by atoms with E-state index < -0.39 is 0 Å². The van der Waals surface area contributed by atoms with E-state index in [1.54, 1.807) is 7.11 Å². The van der Waals surface area contributed by atoms with Crippen molar-refractivity contribution >= 4 is 11.4 Å². The molecule has 1 aromatic rings. The van der Waals surface area contributed by atoms with Crippen LogP contribution in [0.25, 0.3) is 0 Å². The molecule has 22 heavy (non-hydrogen) atoms. The fourth-order valence-corrected chi connectivity index (χ4v) is 2.43. The van der Waals surface area contributed by atoms with Gasteiger partial charge in [-0.2, -0.15) is 0 Å². The zero-order valence-corrected chi connectivity index (χ0v) is 15.5. The molecule has 0 spiro atoms. The van der Waals surface area contributed by atoms with E-state index in [0.717, 1.165) is 43.3 Å². The molecule has 0 atom stereocenters. The van der Waals surface area contributed by atoms with Crippen LogP contribution in [-0.2, 0) is 0 Å². The summed E-state index contributed by atoms with van der Waals surface area (Å²) in [7, 11) is 1.70. The molecule has 1 fully saturated rings. The van der Waals surface area contributed by atoms with Gasteiger partial charge in [-0.05, 0) is 26.0 Å². The fourth-order valence-electron chi connectivity index (χ4n) is 2.43. The Morgan fingerprint density at radius 2 is 1.55 bits per heavy atom. The molecule has 0 saturated carbocycles. The van der Waals surface area contributed by atoms with Gasteiger partial charge in [0, 0.05) is 44.0 Å². The lowest BCUT2D eigenvalue weighted by Crippen LogP contribution is -2.49. The van der Waals surface area contributed by atoms with Crippen LogP contribution in [0.2, 0.25) is 0 Å². The molecule has 4 heteroatoms. The Morgan fingerprint density at radius 3 is 2.00 bits per heavy atom. The van der Waals surface area contributed by atoms with E-state index in [0.29, 0.717) is 6.04 Å². The summed E-state index contributed by atoms with van der Waals surface area (Å²) in [6.45, 7) is 16.8. The van der Waals surface area contributed by atoms with Gasteiger partial charge in [0.1, 0.15) is 5.75 Å². The van der Waals surface area contributed by atoms with Crippen LogP contribution in [0.15, 0.2) is 18.2 Å². The van der Waals surface area contributed by atoms with Gasteiger partial charge in [-0.15, -0.1) is 0 Å². The van der Waals surface area contributed by atoms with Gasteiger partial charge in [0.15, 0.2) is 0 Å². The second-order valence-corrected chi connectivity index (χ2v) is 5.05. The normalized spacial score (nSPS) is 14.6. The van der Waals surface area contributed by atoms with Crippen molar-refractivity contribution in [3.8, 4) is 5.75 Å². The molecule has 0 bridgehead atoms. The molecule has 1 heterocycles. The number of nitrogens with zero attached hydrogens (tertiary/aromatic N) is 2. The summed E-state index contributed by atoms with van der Waals surface area (Å²) in [5.41, 5.74) is 7.68. The van der Waals surface area contributed by atoms with Crippen LogP contribution in [-0.4, -0.2) is 44.2 Å². The number of piperazine rings is 1. The quantitative estimate of drug-likeness (QED) is 0.861. The number of hydrogen-bond donors (Lipinski definition) is 1. The van der Waals surface area contributed by atoms with E-state index in [1.165, 1.54) is 0 Å². The molecule has 2 N–H and O–H groups in total. The van der Waals surface area contributed by atoms with Crippen LogP contribution in [0.4, 0.5) is 11.4 Å². The molecular weight excluding hydrogens is 274 g/mol. The summed E-state index contributed by atoms with van der Waals surface area (Å²) in [5.74, 6) is 0.869. The Kier molecular flexibility index (Phi) is 10.5. The smallest absolute Gasteiger partial charge is 0.144 e. The topological polar surface area (TPSA) is 41.7 Å². The Morgan fingerprint density at radius 1 is 1.00 bits per heavy atom. The van der Waals surface area contributed by atoms with Gasteiger partial charge >= 0.3 is 0 Å². The second-order valence-electron chi connectivity index (χ2n) is 5.05. The van der Waals surface area contributed by atoms with Gasteiger partial charge < -0.3 is 15.4 Å². The second kappa shape index (κ2) is 11.2. The van der Waals surface area contributed by atoms with E-state index in [9.17, 15) is 0 Å². The van der Waals surface area contributed by atoms with Crippen LogP contribution < -0.4 is 15.4 Å². The molecule has 4 nitrogen and oxygen atoms in total. The van der Waals surface area contributed by atoms with Crippen molar-refractivity contribution in [3.05, 3.63) is 18.2 Å². The SMILES string of the molecule is CC.CC.COc1cc(N)ccc1N1CCN(C(C)C)CC1. The average Bonchev–Trinajstić information content (AvgIpc) is 2.58.